The maximum absolute atomic E-state index is 8.89. The van der Waals surface area contributed by atoms with E-state index in [1.165, 1.54) is 0 Å². The fraction of sp³-hybridized carbons (Fsp3) is 0.143. The zero-order chi connectivity index (χ0) is 12.5. The molecule has 0 aliphatic rings. The summed E-state index contributed by atoms with van der Waals surface area (Å²) in [5.74, 6) is 0.749. The van der Waals surface area contributed by atoms with Crippen LogP contribution in [0.25, 0.3) is 16.7 Å². The molecule has 1 aromatic carbocycles. The molecule has 0 spiro atoms. The smallest absolute Gasteiger partial charge is 0.137 e. The van der Waals surface area contributed by atoms with Gasteiger partial charge in [-0.1, -0.05) is 6.07 Å². The number of methoxy groups -OCH3 is 1. The Kier molecular flexibility index (Phi) is 2.38. The van der Waals surface area contributed by atoms with Gasteiger partial charge >= 0.3 is 0 Å². The number of hydrogen-bond acceptors (Lipinski definition) is 3. The summed E-state index contributed by atoms with van der Waals surface area (Å²) >= 11 is 0. The maximum Gasteiger partial charge on any atom is 0.137 e. The molecule has 0 radical (unpaired) electrons. The van der Waals surface area contributed by atoms with Gasteiger partial charge in [0.15, 0.2) is 0 Å². The number of hydrogen-bond donors (Lipinski definition) is 0. The van der Waals surface area contributed by atoms with Crippen LogP contribution in [0.3, 0.4) is 0 Å². The molecule has 88 valence electrons. The second kappa shape index (κ2) is 4.04. The molecular weight excluding hydrogens is 226 g/mol. The summed E-state index contributed by atoms with van der Waals surface area (Å²) < 4.78 is 7.28. The highest BCUT2D eigenvalue weighted by molar-refractivity contribution is 5.85. The first-order valence-corrected chi connectivity index (χ1v) is 5.64. The highest BCUT2D eigenvalue weighted by Gasteiger charge is 2.10. The van der Waals surface area contributed by atoms with Crippen LogP contribution in [0.2, 0.25) is 0 Å². The molecule has 18 heavy (non-hydrogen) atoms. The molecule has 0 aliphatic heterocycles. The molecule has 4 nitrogen and oxygen atoms in total. The van der Waals surface area contributed by atoms with E-state index in [2.05, 4.69) is 11.1 Å². The van der Waals surface area contributed by atoms with Crippen molar-refractivity contribution < 1.29 is 4.74 Å². The van der Waals surface area contributed by atoms with Crippen LogP contribution in [0.1, 0.15) is 5.56 Å². The minimum atomic E-state index is 0.331. The average Bonchev–Trinajstić information content (AvgIpc) is 2.78. The lowest BCUT2D eigenvalue weighted by Crippen LogP contribution is -1.90. The zero-order valence-electron chi connectivity index (χ0n) is 9.92. The third kappa shape index (κ3) is 1.49. The molecule has 4 heteroatoms. The zero-order valence-corrected chi connectivity index (χ0v) is 9.92. The lowest BCUT2D eigenvalue weighted by atomic mass is 10.1. The lowest BCUT2D eigenvalue weighted by Gasteiger charge is -2.03. The predicted molar refractivity (Wildman–Crippen MR) is 68.6 cm³/mol. The predicted octanol–water partition coefficient (Wildman–Crippen LogP) is 2.56. The molecule has 3 rings (SSSR count). The standard InChI is InChI=1S/C14H11N3O/c1-18-11-8-10(5-6-15)14-12(9-11)17-7-3-2-4-13(17)16-14/h2-4,7-9H,5H2,1H3. The van der Waals surface area contributed by atoms with Gasteiger partial charge in [-0.3, -0.25) is 4.40 Å². The van der Waals surface area contributed by atoms with Crippen LogP contribution >= 0.6 is 0 Å². The number of nitrogens with zero attached hydrogens (tertiary/aromatic N) is 3. The van der Waals surface area contributed by atoms with Crippen molar-refractivity contribution in [2.45, 2.75) is 6.42 Å². The molecule has 0 fully saturated rings. The number of pyridine rings is 1. The molecule has 0 aliphatic carbocycles. The van der Waals surface area contributed by atoms with Gasteiger partial charge in [-0.25, -0.2) is 4.98 Å². The van der Waals surface area contributed by atoms with Gasteiger partial charge in [0.25, 0.3) is 0 Å². The second-order valence-corrected chi connectivity index (χ2v) is 4.03. The fourth-order valence-corrected chi connectivity index (χ4v) is 2.14. The third-order valence-electron chi connectivity index (χ3n) is 2.97. The van der Waals surface area contributed by atoms with E-state index in [9.17, 15) is 0 Å². The van der Waals surface area contributed by atoms with Gasteiger partial charge in [0.05, 0.1) is 30.6 Å². The third-order valence-corrected chi connectivity index (χ3v) is 2.97. The maximum atomic E-state index is 8.89. The molecule has 0 N–H and O–H groups in total. The Labute approximate surface area is 104 Å². The first-order chi connectivity index (χ1) is 8.83. The van der Waals surface area contributed by atoms with Crippen LogP contribution in [0, 0.1) is 11.3 Å². The molecular formula is C14H11N3O. The van der Waals surface area contributed by atoms with E-state index >= 15 is 0 Å². The van der Waals surface area contributed by atoms with E-state index in [1.807, 2.05) is 40.9 Å². The number of nitriles is 1. The lowest BCUT2D eigenvalue weighted by molar-refractivity contribution is 0.415. The van der Waals surface area contributed by atoms with Crippen LogP contribution < -0.4 is 4.74 Å². The molecule has 0 unspecified atom stereocenters. The summed E-state index contributed by atoms with van der Waals surface area (Å²) in [6.45, 7) is 0. The Morgan fingerprint density at radius 3 is 3.06 bits per heavy atom. The number of aromatic nitrogens is 2. The number of ether oxygens (including phenoxy) is 1. The minimum absolute atomic E-state index is 0.331. The second-order valence-electron chi connectivity index (χ2n) is 4.03. The Bertz CT molecular complexity index is 768. The van der Waals surface area contributed by atoms with Gasteiger partial charge in [0.2, 0.25) is 0 Å². The summed E-state index contributed by atoms with van der Waals surface area (Å²) in [6.07, 6.45) is 2.29. The molecule has 0 saturated carbocycles. The van der Waals surface area contributed by atoms with Crippen molar-refractivity contribution in [1.29, 1.82) is 5.26 Å². The molecule has 2 heterocycles. The Balaban J connectivity index is 2.43. The van der Waals surface area contributed by atoms with Gasteiger partial charge in [-0.2, -0.15) is 5.26 Å². The molecule has 0 amide bonds. The molecule has 0 atom stereocenters. The number of imidazole rings is 1. The van der Waals surface area contributed by atoms with Crippen LogP contribution in [-0.2, 0) is 6.42 Å². The van der Waals surface area contributed by atoms with Gasteiger partial charge < -0.3 is 4.74 Å². The van der Waals surface area contributed by atoms with Crippen molar-refractivity contribution in [1.82, 2.24) is 9.38 Å². The first kappa shape index (κ1) is 10.6. The highest BCUT2D eigenvalue weighted by atomic mass is 16.5. The summed E-state index contributed by atoms with van der Waals surface area (Å²) in [4.78, 5) is 4.57. The van der Waals surface area contributed by atoms with Crippen LogP contribution in [0.5, 0.6) is 5.75 Å². The van der Waals surface area contributed by atoms with Crippen molar-refractivity contribution in [3.8, 4) is 11.8 Å². The van der Waals surface area contributed by atoms with Crippen molar-refractivity contribution in [3.05, 3.63) is 42.1 Å². The normalized spacial score (nSPS) is 10.7. The molecule has 0 saturated heterocycles. The molecule has 2 aromatic heterocycles. The average molecular weight is 237 g/mol. The first-order valence-electron chi connectivity index (χ1n) is 5.64. The molecule has 3 aromatic rings. The summed E-state index contributed by atoms with van der Waals surface area (Å²) in [5, 5.41) is 8.89. The van der Waals surface area contributed by atoms with E-state index in [4.69, 9.17) is 10.00 Å². The van der Waals surface area contributed by atoms with E-state index in [1.54, 1.807) is 7.11 Å². The largest absolute Gasteiger partial charge is 0.497 e. The molecule has 0 bridgehead atoms. The van der Waals surface area contributed by atoms with Gasteiger partial charge in [0, 0.05) is 12.3 Å². The van der Waals surface area contributed by atoms with Gasteiger partial charge in [-0.15, -0.1) is 0 Å². The van der Waals surface area contributed by atoms with Crippen LogP contribution in [0.4, 0.5) is 0 Å². The number of fused-ring (bicyclic) bond motifs is 3. The van der Waals surface area contributed by atoms with Gasteiger partial charge in [0.1, 0.15) is 11.4 Å². The Morgan fingerprint density at radius 2 is 2.28 bits per heavy atom. The van der Waals surface area contributed by atoms with E-state index in [0.717, 1.165) is 28.0 Å². The van der Waals surface area contributed by atoms with Crippen molar-refractivity contribution in [2.75, 3.05) is 7.11 Å². The van der Waals surface area contributed by atoms with Gasteiger partial charge in [-0.05, 0) is 23.8 Å². The highest BCUT2D eigenvalue weighted by Crippen LogP contribution is 2.26. The van der Waals surface area contributed by atoms with Crippen LogP contribution in [0.15, 0.2) is 36.5 Å². The number of rotatable bonds is 2. The topological polar surface area (TPSA) is 50.3 Å². The summed E-state index contributed by atoms with van der Waals surface area (Å²) in [5.41, 5.74) is 3.61. The summed E-state index contributed by atoms with van der Waals surface area (Å²) in [7, 11) is 1.63. The fourth-order valence-electron chi connectivity index (χ4n) is 2.14. The Hall–Kier alpha value is -2.54. The van der Waals surface area contributed by atoms with Crippen molar-refractivity contribution >= 4 is 16.7 Å². The SMILES string of the molecule is COc1cc(CC#N)c2nc3ccccn3c2c1. The van der Waals surface area contributed by atoms with Crippen LogP contribution in [-0.4, -0.2) is 16.5 Å². The van der Waals surface area contributed by atoms with Crippen molar-refractivity contribution in [2.24, 2.45) is 0 Å². The summed E-state index contributed by atoms with van der Waals surface area (Å²) in [6, 6.07) is 11.8. The van der Waals surface area contributed by atoms with Crippen molar-refractivity contribution in [3.63, 3.8) is 0 Å². The monoisotopic (exact) mass is 237 g/mol. The van der Waals surface area contributed by atoms with E-state index in [-0.39, 0.29) is 0 Å². The van der Waals surface area contributed by atoms with E-state index < -0.39 is 0 Å². The Morgan fingerprint density at radius 1 is 1.39 bits per heavy atom. The quantitative estimate of drug-likeness (QED) is 0.688. The number of benzene rings is 1. The van der Waals surface area contributed by atoms with E-state index in [0.29, 0.717) is 6.42 Å². The minimum Gasteiger partial charge on any atom is -0.497 e.